The Hall–Kier alpha value is -1.74. The van der Waals surface area contributed by atoms with Crippen LogP contribution in [0.25, 0.3) is 0 Å². The van der Waals surface area contributed by atoms with Crippen LogP contribution < -0.4 is 16.4 Å². The smallest absolute Gasteiger partial charge is 0.223 e. The highest BCUT2D eigenvalue weighted by molar-refractivity contribution is 5.78. The van der Waals surface area contributed by atoms with Crippen LogP contribution in [0.1, 0.15) is 47.0 Å². The van der Waals surface area contributed by atoms with Gasteiger partial charge >= 0.3 is 0 Å². The average molecular weight is 786 g/mol. The lowest BCUT2D eigenvalue weighted by Gasteiger charge is -2.51. The van der Waals surface area contributed by atoms with Crippen molar-refractivity contribution in [3.05, 3.63) is 0 Å². The quantitative estimate of drug-likeness (QED) is 0.0779. The van der Waals surface area contributed by atoms with Crippen LogP contribution in [0.2, 0.25) is 0 Å². The van der Waals surface area contributed by atoms with E-state index in [0.717, 1.165) is 6.92 Å². The summed E-state index contributed by atoms with van der Waals surface area (Å²) in [6, 6.07) is -1.28. The number of aliphatic hydroxyl groups excluding tert-OH is 10. The Morgan fingerprint density at radius 1 is 0.907 bits per heavy atom. The fraction of sp³-hybridized carbons (Fsp3) is 0.939. The molecule has 0 spiro atoms. The van der Waals surface area contributed by atoms with Crippen molar-refractivity contribution in [2.24, 2.45) is 17.6 Å². The molecule has 21 nitrogen and oxygen atoms in total. The van der Waals surface area contributed by atoms with Crippen molar-refractivity contribution in [2.75, 3.05) is 26.3 Å². The third kappa shape index (κ3) is 10.2. The number of hydrogen-bond donors (Lipinski definition) is 13. The molecule has 54 heavy (non-hydrogen) atoms. The summed E-state index contributed by atoms with van der Waals surface area (Å²) in [4.78, 5) is 25.0. The van der Waals surface area contributed by atoms with Gasteiger partial charge in [0.15, 0.2) is 18.4 Å². The summed E-state index contributed by atoms with van der Waals surface area (Å²) in [7, 11) is 0. The fourth-order valence-corrected chi connectivity index (χ4v) is 7.65. The van der Waals surface area contributed by atoms with Gasteiger partial charge in [-0.05, 0) is 32.6 Å². The molecule has 0 aromatic rings. The Labute approximate surface area is 312 Å². The number of nitrogens with one attached hydrogen (secondary N) is 2. The van der Waals surface area contributed by atoms with E-state index in [-0.39, 0.29) is 31.8 Å². The predicted octanol–water partition coefficient (Wildman–Crippen LogP) is -6.39. The van der Waals surface area contributed by atoms with Gasteiger partial charge in [0, 0.05) is 32.4 Å². The molecule has 0 aromatic carbocycles. The Morgan fingerprint density at radius 2 is 1.57 bits per heavy atom. The van der Waals surface area contributed by atoms with Gasteiger partial charge in [0.05, 0.1) is 43.7 Å². The maximum absolute atomic E-state index is 13.1. The molecule has 0 aromatic heterocycles. The minimum atomic E-state index is -1.95. The van der Waals surface area contributed by atoms with E-state index in [1.165, 1.54) is 13.8 Å². The van der Waals surface area contributed by atoms with Crippen LogP contribution >= 0.6 is 0 Å². The van der Waals surface area contributed by atoms with Gasteiger partial charge in [0.25, 0.3) is 0 Å². The highest BCUT2D eigenvalue weighted by atomic mass is 16.8. The zero-order valence-corrected chi connectivity index (χ0v) is 30.7. The first kappa shape index (κ1) is 45.0. The van der Waals surface area contributed by atoms with E-state index in [9.17, 15) is 60.7 Å². The van der Waals surface area contributed by atoms with E-state index >= 15 is 0 Å². The summed E-state index contributed by atoms with van der Waals surface area (Å²) in [5, 5.41) is 111. The molecule has 4 aliphatic rings. The van der Waals surface area contributed by atoms with Crippen molar-refractivity contribution in [3.8, 4) is 0 Å². The Kier molecular flexibility index (Phi) is 15.9. The summed E-state index contributed by atoms with van der Waals surface area (Å²) < 4.78 is 36.0. The molecular formula is C33H59N3O18. The van der Waals surface area contributed by atoms with Crippen molar-refractivity contribution in [3.63, 3.8) is 0 Å². The minimum absolute atomic E-state index is 0.0241. The molecule has 2 amide bonds. The highest BCUT2D eigenvalue weighted by Crippen LogP contribution is 2.40. The van der Waals surface area contributed by atoms with Crippen molar-refractivity contribution in [2.45, 2.75) is 157 Å². The fourth-order valence-electron chi connectivity index (χ4n) is 7.65. The first-order chi connectivity index (χ1) is 25.4. The normalized spacial score (nSPS) is 45.6. The molecular weight excluding hydrogens is 726 g/mol. The third-order valence-corrected chi connectivity index (χ3v) is 10.6. The number of ether oxygens (including phenoxy) is 6. The van der Waals surface area contributed by atoms with Crippen LogP contribution in [0.3, 0.4) is 0 Å². The Morgan fingerprint density at radius 3 is 2.19 bits per heavy atom. The van der Waals surface area contributed by atoms with E-state index < -0.39 is 147 Å². The zero-order valence-electron chi connectivity index (χ0n) is 30.7. The Bertz CT molecular complexity index is 1230. The van der Waals surface area contributed by atoms with E-state index in [1.807, 2.05) is 0 Å². The topological polar surface area (TPSA) is 342 Å². The maximum Gasteiger partial charge on any atom is 0.223 e. The highest BCUT2D eigenvalue weighted by Gasteiger charge is 2.55. The largest absolute Gasteiger partial charge is 0.394 e. The van der Waals surface area contributed by atoms with Crippen LogP contribution in [-0.2, 0) is 38.0 Å². The van der Waals surface area contributed by atoms with Crippen LogP contribution in [0.5, 0.6) is 0 Å². The summed E-state index contributed by atoms with van der Waals surface area (Å²) in [6.07, 6.45) is -24.3. The van der Waals surface area contributed by atoms with Crippen molar-refractivity contribution < 1.29 is 89.1 Å². The van der Waals surface area contributed by atoms with E-state index in [0.29, 0.717) is 0 Å². The lowest BCUT2D eigenvalue weighted by molar-refractivity contribution is -0.382. The SMILES string of the molecule is CC(=O)NC1C(O)CC(C)(OC2C(O)C(CO)OC(OC3CC(C(=O)NCCN)CC(C)C3OC3OC(C)C(O)C(O)C3O)C2O)OC1[C@H](O)[C@H](O)CO. The van der Waals surface area contributed by atoms with Crippen LogP contribution in [0.15, 0.2) is 0 Å². The van der Waals surface area contributed by atoms with Gasteiger partial charge in [-0.1, -0.05) is 6.92 Å². The van der Waals surface area contributed by atoms with Gasteiger partial charge in [-0.15, -0.1) is 0 Å². The molecule has 3 heterocycles. The molecule has 1 saturated carbocycles. The minimum Gasteiger partial charge on any atom is -0.394 e. The van der Waals surface area contributed by atoms with Gasteiger partial charge in [0.2, 0.25) is 11.8 Å². The predicted molar refractivity (Wildman–Crippen MR) is 179 cm³/mol. The average Bonchev–Trinajstić information content (AvgIpc) is 3.12. The van der Waals surface area contributed by atoms with Crippen molar-refractivity contribution >= 4 is 11.8 Å². The molecule has 14 N–H and O–H groups in total. The third-order valence-electron chi connectivity index (χ3n) is 10.6. The zero-order chi connectivity index (χ0) is 40.2. The number of rotatable bonds is 14. The first-order valence-corrected chi connectivity index (χ1v) is 18.2. The van der Waals surface area contributed by atoms with Gasteiger partial charge < -0.3 is 95.9 Å². The van der Waals surface area contributed by atoms with E-state index in [2.05, 4.69) is 10.6 Å². The molecule has 3 aliphatic heterocycles. The number of hydrogen-bond acceptors (Lipinski definition) is 19. The van der Waals surface area contributed by atoms with Crippen LogP contribution in [-0.4, -0.2) is 199 Å². The molecule has 0 bridgehead atoms. The van der Waals surface area contributed by atoms with Crippen LogP contribution in [0.4, 0.5) is 0 Å². The number of carbonyl (C=O) groups is 2. The molecule has 4 fully saturated rings. The molecule has 21 heteroatoms. The second kappa shape index (κ2) is 19.1. The molecule has 1 aliphatic carbocycles. The van der Waals surface area contributed by atoms with Gasteiger partial charge in [0.1, 0.15) is 61.0 Å². The lowest BCUT2D eigenvalue weighted by Crippen LogP contribution is -2.68. The summed E-state index contributed by atoms with van der Waals surface area (Å²) in [5.41, 5.74) is 5.57. The lowest BCUT2D eigenvalue weighted by atomic mass is 9.77. The number of nitrogens with two attached hydrogens (primary N) is 1. The van der Waals surface area contributed by atoms with E-state index in [4.69, 9.17) is 34.2 Å². The summed E-state index contributed by atoms with van der Waals surface area (Å²) in [6.45, 7) is 4.38. The number of carbonyl (C=O) groups excluding carboxylic acids is 2. The Balaban J connectivity index is 1.61. The molecule has 20 atom stereocenters. The monoisotopic (exact) mass is 785 g/mol. The summed E-state index contributed by atoms with van der Waals surface area (Å²) >= 11 is 0. The number of amides is 2. The molecule has 4 rings (SSSR count). The second-order valence-electron chi connectivity index (χ2n) is 14.9. The van der Waals surface area contributed by atoms with Gasteiger partial charge in [-0.3, -0.25) is 9.59 Å². The molecule has 18 unspecified atom stereocenters. The standard InChI is InChI=1S/C33H59N3O18/c1-12-7-15(30(48)35-6-5-34)8-18(27(12)52-31-25(46)24(45)21(42)13(2)49-31)50-32-26(47)29(23(44)19(11-38)51-32)54-33(4)9-16(40)20(36-14(3)39)28(53-33)22(43)17(41)10-37/h12-13,15-29,31-32,37-38,40-47H,5-11,34H2,1-4H3,(H,35,48)(H,36,39)/t12?,13?,15?,16?,17-,18?,19?,20?,21?,22-,23?,24?,25?,26?,27?,28?,29?,31?,32?,33?/m1/s1. The first-order valence-electron chi connectivity index (χ1n) is 18.2. The van der Waals surface area contributed by atoms with Crippen LogP contribution in [0, 0.1) is 11.8 Å². The van der Waals surface area contributed by atoms with Gasteiger partial charge in [-0.25, -0.2) is 0 Å². The number of aliphatic hydroxyl groups is 10. The van der Waals surface area contributed by atoms with Crippen molar-refractivity contribution in [1.29, 1.82) is 0 Å². The molecule has 3 saturated heterocycles. The van der Waals surface area contributed by atoms with Gasteiger partial charge in [-0.2, -0.15) is 0 Å². The van der Waals surface area contributed by atoms with Crippen molar-refractivity contribution in [1.82, 2.24) is 10.6 Å². The maximum atomic E-state index is 13.1. The van der Waals surface area contributed by atoms with E-state index in [1.54, 1.807) is 6.92 Å². The summed E-state index contributed by atoms with van der Waals surface area (Å²) in [5.74, 6) is -4.02. The molecule has 0 radical (unpaired) electrons. The second-order valence-corrected chi connectivity index (χ2v) is 14.9. The molecule has 314 valence electrons.